The number of halogens is 3. The van der Waals surface area contributed by atoms with Gasteiger partial charge in [0.1, 0.15) is 5.69 Å². The summed E-state index contributed by atoms with van der Waals surface area (Å²) in [5.74, 6) is -0.353. The number of hydrogen-bond acceptors (Lipinski definition) is 1. The van der Waals surface area contributed by atoms with Crippen molar-refractivity contribution < 1.29 is 18.0 Å². The van der Waals surface area contributed by atoms with Crippen LogP contribution in [-0.4, -0.2) is 10.5 Å². The van der Waals surface area contributed by atoms with Gasteiger partial charge < -0.3 is 9.88 Å². The topological polar surface area (TPSA) is 34.0 Å². The van der Waals surface area contributed by atoms with Crippen LogP contribution in [0.25, 0.3) is 0 Å². The maximum absolute atomic E-state index is 12.9. The predicted octanol–water partition coefficient (Wildman–Crippen LogP) is 3.77. The van der Waals surface area contributed by atoms with E-state index >= 15 is 0 Å². The van der Waals surface area contributed by atoms with Gasteiger partial charge in [-0.05, 0) is 36.6 Å². The Morgan fingerprint density at radius 2 is 1.91 bits per heavy atom. The predicted molar refractivity (Wildman–Crippen MR) is 75.3 cm³/mol. The van der Waals surface area contributed by atoms with Crippen molar-refractivity contribution in [3.63, 3.8) is 0 Å². The lowest BCUT2D eigenvalue weighted by molar-refractivity contribution is -0.138. The van der Waals surface area contributed by atoms with Crippen molar-refractivity contribution >= 4 is 5.91 Å². The molecule has 1 aromatic heterocycles. The van der Waals surface area contributed by atoms with E-state index in [2.05, 4.69) is 5.32 Å². The Morgan fingerprint density at radius 3 is 2.59 bits per heavy atom. The number of amides is 1. The molecule has 1 N–H and O–H groups in total. The van der Waals surface area contributed by atoms with E-state index in [1.807, 2.05) is 10.8 Å². The van der Waals surface area contributed by atoms with E-state index in [1.54, 1.807) is 12.1 Å². The van der Waals surface area contributed by atoms with Gasteiger partial charge in [0, 0.05) is 18.8 Å². The number of carbonyl (C=O) groups is 1. The monoisotopic (exact) mass is 308 g/mol. The summed E-state index contributed by atoms with van der Waals surface area (Å²) in [6, 6.07) is 9.08. The third-order valence-electron chi connectivity index (χ3n) is 3.71. The molecule has 0 atom stereocenters. The summed E-state index contributed by atoms with van der Waals surface area (Å²) < 4.78 is 40.6. The molecule has 0 spiro atoms. The first-order chi connectivity index (χ1) is 10.5. The molecule has 2 aromatic rings. The molecule has 1 amide bonds. The lowest BCUT2D eigenvalue weighted by atomic mass is 10.1. The van der Waals surface area contributed by atoms with Crippen LogP contribution in [0.4, 0.5) is 13.2 Å². The van der Waals surface area contributed by atoms with Crippen LogP contribution in [0.2, 0.25) is 0 Å². The second-order valence-corrected chi connectivity index (χ2v) is 5.37. The van der Waals surface area contributed by atoms with E-state index in [1.165, 1.54) is 18.2 Å². The van der Waals surface area contributed by atoms with Crippen molar-refractivity contribution in [2.24, 2.45) is 0 Å². The van der Waals surface area contributed by atoms with Crippen molar-refractivity contribution in [1.29, 1.82) is 0 Å². The second kappa shape index (κ2) is 5.51. The minimum absolute atomic E-state index is 0.0629. The highest BCUT2D eigenvalue weighted by molar-refractivity contribution is 5.92. The van der Waals surface area contributed by atoms with Gasteiger partial charge in [0.05, 0.1) is 5.56 Å². The summed E-state index contributed by atoms with van der Waals surface area (Å²) in [6.45, 7) is -0.148. The van der Waals surface area contributed by atoms with Crippen LogP contribution in [0.3, 0.4) is 0 Å². The number of hydrogen-bond donors (Lipinski definition) is 1. The van der Waals surface area contributed by atoms with E-state index in [-0.39, 0.29) is 18.0 Å². The van der Waals surface area contributed by atoms with Gasteiger partial charge in [-0.1, -0.05) is 18.2 Å². The number of benzene rings is 1. The quantitative estimate of drug-likeness (QED) is 0.916. The molecule has 1 aromatic carbocycles. The third-order valence-corrected chi connectivity index (χ3v) is 3.71. The summed E-state index contributed by atoms with van der Waals surface area (Å²) in [5.41, 5.74) is -0.159. The second-order valence-electron chi connectivity index (χ2n) is 5.37. The molecule has 0 aliphatic heterocycles. The number of rotatable bonds is 4. The smallest absolute Gasteiger partial charge is 0.347 e. The summed E-state index contributed by atoms with van der Waals surface area (Å²) in [5, 5.41) is 2.58. The maximum Gasteiger partial charge on any atom is 0.416 e. The van der Waals surface area contributed by atoms with Crippen LogP contribution in [0.15, 0.2) is 42.6 Å². The van der Waals surface area contributed by atoms with Gasteiger partial charge in [0.15, 0.2) is 0 Å². The molecule has 3 rings (SSSR count). The summed E-state index contributed by atoms with van der Waals surface area (Å²) >= 11 is 0. The fourth-order valence-corrected chi connectivity index (χ4v) is 2.47. The van der Waals surface area contributed by atoms with Crippen LogP contribution in [0.1, 0.15) is 40.5 Å². The van der Waals surface area contributed by atoms with Gasteiger partial charge in [-0.25, -0.2) is 0 Å². The Balaban J connectivity index is 1.73. The number of aromatic nitrogens is 1. The van der Waals surface area contributed by atoms with Gasteiger partial charge in [-0.3, -0.25) is 4.79 Å². The van der Waals surface area contributed by atoms with Gasteiger partial charge in [-0.15, -0.1) is 0 Å². The first-order valence-electron chi connectivity index (χ1n) is 7.07. The van der Waals surface area contributed by atoms with Crippen molar-refractivity contribution in [3.05, 3.63) is 59.4 Å². The summed E-state index contributed by atoms with van der Waals surface area (Å²) in [7, 11) is 0. The molecule has 1 heterocycles. The SMILES string of the molecule is O=C(NCc1ccccc1C(F)(F)F)c1cccn1C1CC1. The lowest BCUT2D eigenvalue weighted by Gasteiger charge is -2.14. The standard InChI is InChI=1S/C16H15F3N2O/c17-16(18,19)13-5-2-1-4-11(13)10-20-15(22)14-6-3-9-21(14)12-7-8-12/h1-6,9,12H,7-8,10H2,(H,20,22). The Labute approximate surface area is 125 Å². The Hall–Kier alpha value is -2.24. The Bertz CT molecular complexity index is 687. The molecule has 6 heteroatoms. The van der Waals surface area contributed by atoms with Crippen LogP contribution < -0.4 is 5.32 Å². The highest BCUT2D eigenvalue weighted by Crippen LogP contribution is 2.36. The molecule has 0 radical (unpaired) electrons. The highest BCUT2D eigenvalue weighted by atomic mass is 19.4. The van der Waals surface area contributed by atoms with Crippen molar-refractivity contribution in [2.45, 2.75) is 31.6 Å². The third kappa shape index (κ3) is 3.00. The lowest BCUT2D eigenvalue weighted by Crippen LogP contribution is -2.26. The zero-order valence-electron chi connectivity index (χ0n) is 11.7. The Morgan fingerprint density at radius 1 is 1.18 bits per heavy atom. The van der Waals surface area contributed by atoms with Crippen molar-refractivity contribution in [3.8, 4) is 0 Å². The number of nitrogens with one attached hydrogen (secondary N) is 1. The van der Waals surface area contributed by atoms with Gasteiger partial charge in [-0.2, -0.15) is 13.2 Å². The largest absolute Gasteiger partial charge is 0.416 e. The van der Waals surface area contributed by atoms with Crippen molar-refractivity contribution in [1.82, 2.24) is 9.88 Å². The molecule has 22 heavy (non-hydrogen) atoms. The Kier molecular flexibility index (Phi) is 3.68. The molecular formula is C16H15F3N2O. The fraction of sp³-hybridized carbons (Fsp3) is 0.312. The van der Waals surface area contributed by atoms with E-state index in [0.29, 0.717) is 11.7 Å². The van der Waals surface area contributed by atoms with E-state index in [4.69, 9.17) is 0 Å². The molecule has 1 fully saturated rings. The summed E-state index contributed by atoms with van der Waals surface area (Å²) in [6.07, 6.45) is -0.524. The normalized spacial score (nSPS) is 14.9. The van der Waals surface area contributed by atoms with Crippen LogP contribution in [-0.2, 0) is 12.7 Å². The van der Waals surface area contributed by atoms with Gasteiger partial charge in [0.25, 0.3) is 5.91 Å². The molecule has 0 unspecified atom stereocenters. The van der Waals surface area contributed by atoms with Crippen LogP contribution >= 0.6 is 0 Å². The molecule has 1 saturated carbocycles. The average molecular weight is 308 g/mol. The highest BCUT2D eigenvalue weighted by Gasteiger charge is 2.33. The number of nitrogens with zero attached hydrogens (tertiary/aromatic N) is 1. The fourth-order valence-electron chi connectivity index (χ4n) is 2.47. The molecule has 1 aliphatic rings. The van der Waals surface area contributed by atoms with Crippen LogP contribution in [0.5, 0.6) is 0 Å². The van der Waals surface area contributed by atoms with Gasteiger partial charge >= 0.3 is 6.18 Å². The minimum atomic E-state index is -4.42. The number of alkyl halides is 3. The zero-order valence-corrected chi connectivity index (χ0v) is 11.7. The molecule has 0 saturated heterocycles. The average Bonchev–Trinajstić information content (AvgIpc) is 3.21. The van der Waals surface area contributed by atoms with Crippen molar-refractivity contribution in [2.75, 3.05) is 0 Å². The molecule has 1 aliphatic carbocycles. The molecule has 0 bridgehead atoms. The minimum Gasteiger partial charge on any atom is -0.347 e. The first-order valence-corrected chi connectivity index (χ1v) is 7.07. The molecule has 116 valence electrons. The first kappa shape index (κ1) is 14.7. The zero-order chi connectivity index (χ0) is 15.7. The number of carbonyl (C=O) groups excluding carboxylic acids is 1. The van der Waals surface area contributed by atoms with E-state index < -0.39 is 11.7 Å². The maximum atomic E-state index is 12.9. The summed E-state index contributed by atoms with van der Waals surface area (Å²) in [4.78, 5) is 12.2. The molecular weight excluding hydrogens is 293 g/mol. The van der Waals surface area contributed by atoms with Gasteiger partial charge in [0.2, 0.25) is 0 Å². The molecule has 3 nitrogen and oxygen atoms in total. The van der Waals surface area contributed by atoms with E-state index in [9.17, 15) is 18.0 Å². The van der Waals surface area contributed by atoms with Crippen LogP contribution in [0, 0.1) is 0 Å². The van der Waals surface area contributed by atoms with E-state index in [0.717, 1.165) is 18.9 Å².